The topological polar surface area (TPSA) is 105 Å². The van der Waals surface area contributed by atoms with Gasteiger partial charge in [-0.25, -0.2) is 4.79 Å². The average molecular weight is 298 g/mol. The number of aliphatic hydroxyl groups excluding tert-OH is 2. The Hall–Kier alpha value is -2.25. The Balaban J connectivity index is 2.78. The van der Waals surface area contributed by atoms with Gasteiger partial charge in [0.25, 0.3) is 0 Å². The highest BCUT2D eigenvalue weighted by Gasteiger charge is 2.10. The minimum Gasteiger partial charge on any atom is -0.502 e. The fourth-order valence-corrected chi connectivity index (χ4v) is 1.45. The minimum absolute atomic E-state index is 0.134. The van der Waals surface area contributed by atoms with Crippen molar-refractivity contribution in [3.63, 3.8) is 0 Å². The second kappa shape index (κ2) is 8.13. The largest absolute Gasteiger partial charge is 0.502 e. The van der Waals surface area contributed by atoms with Crippen LogP contribution in [0.2, 0.25) is 0 Å². The molecule has 0 aromatic heterocycles. The van der Waals surface area contributed by atoms with E-state index in [2.05, 4.69) is 0 Å². The van der Waals surface area contributed by atoms with E-state index < -0.39 is 18.7 Å². The summed E-state index contributed by atoms with van der Waals surface area (Å²) < 4.78 is 14.7. The van der Waals surface area contributed by atoms with Gasteiger partial charge in [-0.1, -0.05) is 0 Å². The molecule has 0 amide bonds. The van der Waals surface area contributed by atoms with Crippen LogP contribution in [0.3, 0.4) is 0 Å². The number of phenols is 1. The first-order chi connectivity index (χ1) is 10.0. The molecule has 0 heterocycles. The quantitative estimate of drug-likeness (QED) is 0.491. The molecule has 0 radical (unpaired) electrons. The maximum Gasteiger partial charge on any atom is 0.330 e. The summed E-state index contributed by atoms with van der Waals surface area (Å²) in [7, 11) is 2.79. The van der Waals surface area contributed by atoms with Crippen LogP contribution in [0.25, 0.3) is 6.08 Å². The first-order valence-electron chi connectivity index (χ1n) is 6.10. The lowest BCUT2D eigenvalue weighted by Crippen LogP contribution is -2.21. The van der Waals surface area contributed by atoms with E-state index >= 15 is 0 Å². The maximum atomic E-state index is 11.4. The van der Waals surface area contributed by atoms with E-state index in [0.717, 1.165) is 6.08 Å². The number of aromatic hydroxyl groups is 1. The molecular weight excluding hydrogens is 280 g/mol. The number of phenolic OH excluding ortho intramolecular Hbond substituents is 1. The van der Waals surface area contributed by atoms with Crippen LogP contribution < -0.4 is 9.47 Å². The van der Waals surface area contributed by atoms with Gasteiger partial charge in [-0.2, -0.15) is 0 Å². The fraction of sp³-hybridized carbons (Fsp3) is 0.357. The van der Waals surface area contributed by atoms with Crippen LogP contribution in [0.1, 0.15) is 5.56 Å². The van der Waals surface area contributed by atoms with Gasteiger partial charge in [-0.15, -0.1) is 0 Å². The molecule has 1 aromatic rings. The van der Waals surface area contributed by atoms with E-state index in [9.17, 15) is 9.90 Å². The molecule has 3 N–H and O–H groups in total. The van der Waals surface area contributed by atoms with Crippen LogP contribution >= 0.6 is 0 Å². The van der Waals surface area contributed by atoms with Gasteiger partial charge in [0.15, 0.2) is 11.5 Å². The number of esters is 1. The maximum absolute atomic E-state index is 11.4. The molecule has 0 aliphatic heterocycles. The molecular formula is C14H18O7. The molecule has 0 aliphatic carbocycles. The highest BCUT2D eigenvalue weighted by molar-refractivity contribution is 5.87. The van der Waals surface area contributed by atoms with Crippen molar-refractivity contribution in [3.8, 4) is 17.2 Å². The molecule has 1 aromatic carbocycles. The predicted octanol–water partition coefficient (Wildman–Crippen LogP) is 0.319. The number of rotatable bonds is 7. The highest BCUT2D eigenvalue weighted by Crippen LogP contribution is 2.37. The monoisotopic (exact) mass is 298 g/mol. The Morgan fingerprint density at radius 1 is 1.29 bits per heavy atom. The smallest absolute Gasteiger partial charge is 0.330 e. The second-order valence-corrected chi connectivity index (χ2v) is 4.07. The van der Waals surface area contributed by atoms with Crippen molar-refractivity contribution in [1.29, 1.82) is 0 Å². The molecule has 1 rings (SSSR count). The third kappa shape index (κ3) is 4.97. The molecule has 21 heavy (non-hydrogen) atoms. The van der Waals surface area contributed by atoms with Crippen molar-refractivity contribution >= 4 is 12.0 Å². The third-order valence-corrected chi connectivity index (χ3v) is 2.54. The number of hydrogen-bond donors (Lipinski definition) is 3. The SMILES string of the molecule is COc1cc(C=CC(=O)OCC(O)CO)cc(OC)c1O. The van der Waals surface area contributed by atoms with Crippen LogP contribution in [0.5, 0.6) is 17.2 Å². The Morgan fingerprint density at radius 2 is 1.86 bits per heavy atom. The number of methoxy groups -OCH3 is 2. The van der Waals surface area contributed by atoms with E-state index in [1.54, 1.807) is 0 Å². The van der Waals surface area contributed by atoms with Gasteiger partial charge in [0.1, 0.15) is 12.7 Å². The molecule has 0 saturated heterocycles. The molecule has 7 heteroatoms. The Bertz CT molecular complexity index is 485. The van der Waals surface area contributed by atoms with E-state index in [-0.39, 0.29) is 23.9 Å². The van der Waals surface area contributed by atoms with Crippen molar-refractivity contribution in [2.75, 3.05) is 27.4 Å². The van der Waals surface area contributed by atoms with Gasteiger partial charge in [0.05, 0.1) is 20.8 Å². The van der Waals surface area contributed by atoms with E-state index in [4.69, 9.17) is 24.4 Å². The Kier molecular flexibility index (Phi) is 6.51. The molecule has 0 fully saturated rings. The van der Waals surface area contributed by atoms with Crippen molar-refractivity contribution in [1.82, 2.24) is 0 Å². The molecule has 0 bridgehead atoms. The summed E-state index contributed by atoms with van der Waals surface area (Å²) in [4.78, 5) is 11.4. The molecule has 0 saturated carbocycles. The van der Waals surface area contributed by atoms with E-state index in [1.807, 2.05) is 0 Å². The molecule has 7 nitrogen and oxygen atoms in total. The highest BCUT2D eigenvalue weighted by atomic mass is 16.5. The second-order valence-electron chi connectivity index (χ2n) is 4.07. The average Bonchev–Trinajstić information content (AvgIpc) is 2.51. The zero-order valence-electron chi connectivity index (χ0n) is 11.8. The van der Waals surface area contributed by atoms with Gasteiger partial charge in [-0.3, -0.25) is 0 Å². The van der Waals surface area contributed by atoms with Crippen LogP contribution in [-0.4, -0.2) is 54.8 Å². The van der Waals surface area contributed by atoms with Gasteiger partial charge in [0, 0.05) is 6.08 Å². The number of aliphatic hydroxyl groups is 2. The predicted molar refractivity (Wildman–Crippen MR) is 74.3 cm³/mol. The van der Waals surface area contributed by atoms with Crippen LogP contribution in [-0.2, 0) is 9.53 Å². The number of ether oxygens (including phenoxy) is 3. The summed E-state index contributed by atoms with van der Waals surface area (Å²) in [6.45, 7) is -0.773. The number of hydrogen-bond acceptors (Lipinski definition) is 7. The summed E-state index contributed by atoms with van der Waals surface area (Å²) in [5.74, 6) is -0.393. The summed E-state index contributed by atoms with van der Waals surface area (Å²) in [5, 5.41) is 27.4. The van der Waals surface area contributed by atoms with Gasteiger partial charge in [0.2, 0.25) is 5.75 Å². The Labute approximate surface area is 122 Å². The summed E-state index contributed by atoms with van der Waals surface area (Å²) in [6.07, 6.45) is 1.49. The number of carbonyl (C=O) groups excluding carboxylic acids is 1. The van der Waals surface area contributed by atoms with Crippen molar-refractivity contribution in [3.05, 3.63) is 23.8 Å². The molecule has 0 aliphatic rings. The van der Waals surface area contributed by atoms with Crippen LogP contribution in [0, 0.1) is 0 Å². The lowest BCUT2D eigenvalue weighted by molar-refractivity contribution is -0.141. The fourth-order valence-electron chi connectivity index (χ4n) is 1.45. The minimum atomic E-state index is -1.10. The summed E-state index contributed by atoms with van der Waals surface area (Å²) in [5.41, 5.74) is 0.557. The number of carbonyl (C=O) groups is 1. The molecule has 0 spiro atoms. The van der Waals surface area contributed by atoms with Gasteiger partial charge < -0.3 is 29.5 Å². The lowest BCUT2D eigenvalue weighted by atomic mass is 10.1. The zero-order valence-corrected chi connectivity index (χ0v) is 11.8. The zero-order chi connectivity index (χ0) is 15.8. The standard InChI is InChI=1S/C14H18O7/c1-19-11-5-9(6-12(20-2)14(11)18)3-4-13(17)21-8-10(16)7-15/h3-6,10,15-16,18H,7-8H2,1-2H3. The number of benzene rings is 1. The first-order valence-corrected chi connectivity index (χ1v) is 6.10. The van der Waals surface area contributed by atoms with Crippen molar-refractivity contribution < 1.29 is 34.3 Å². The van der Waals surface area contributed by atoms with Crippen molar-refractivity contribution in [2.45, 2.75) is 6.10 Å². The van der Waals surface area contributed by atoms with Crippen molar-refractivity contribution in [2.24, 2.45) is 0 Å². The summed E-state index contributed by atoms with van der Waals surface area (Å²) in [6, 6.07) is 3.04. The Morgan fingerprint density at radius 3 is 2.33 bits per heavy atom. The molecule has 116 valence electrons. The molecule has 1 unspecified atom stereocenters. The van der Waals surface area contributed by atoms with Gasteiger partial charge >= 0.3 is 5.97 Å². The van der Waals surface area contributed by atoms with Crippen LogP contribution in [0.15, 0.2) is 18.2 Å². The van der Waals surface area contributed by atoms with E-state index in [0.29, 0.717) is 5.56 Å². The lowest BCUT2D eigenvalue weighted by Gasteiger charge is -2.09. The first kappa shape index (κ1) is 16.8. The van der Waals surface area contributed by atoms with Crippen LogP contribution in [0.4, 0.5) is 0 Å². The normalized spacial score (nSPS) is 12.2. The summed E-state index contributed by atoms with van der Waals surface area (Å²) >= 11 is 0. The van der Waals surface area contributed by atoms with Gasteiger partial charge in [-0.05, 0) is 23.8 Å². The molecule has 1 atom stereocenters. The van der Waals surface area contributed by atoms with E-state index in [1.165, 1.54) is 32.4 Å². The third-order valence-electron chi connectivity index (χ3n) is 2.54.